The number of hydrogen-bond donors (Lipinski definition) is 1. The molecule has 4 heteroatoms. The molecule has 4 nitrogen and oxygen atoms in total. The Labute approximate surface area is 160 Å². The molecule has 150 valence electrons. The van der Waals surface area contributed by atoms with Gasteiger partial charge < -0.3 is 15.0 Å². The average molecular weight is 365 g/mol. The number of carbonyl (C=O) groups is 1. The van der Waals surface area contributed by atoms with Gasteiger partial charge in [-0.05, 0) is 59.8 Å². The highest BCUT2D eigenvalue weighted by Crippen LogP contribution is 2.51. The summed E-state index contributed by atoms with van der Waals surface area (Å²) in [6.45, 7) is 12.0. The maximum absolute atomic E-state index is 13.8. The second kappa shape index (κ2) is 7.09. The molecule has 0 atom stereocenters. The van der Waals surface area contributed by atoms with Crippen LogP contribution < -0.4 is 5.32 Å². The van der Waals surface area contributed by atoms with Crippen molar-refractivity contribution in [2.45, 2.75) is 128 Å². The molecule has 0 aromatic carbocycles. The van der Waals surface area contributed by atoms with E-state index in [9.17, 15) is 4.79 Å². The summed E-state index contributed by atoms with van der Waals surface area (Å²) in [5.41, 5.74) is -1.15. The Morgan fingerprint density at radius 1 is 0.962 bits per heavy atom. The van der Waals surface area contributed by atoms with Gasteiger partial charge in [-0.2, -0.15) is 0 Å². The van der Waals surface area contributed by atoms with E-state index in [1.807, 2.05) is 0 Å². The van der Waals surface area contributed by atoms with Crippen LogP contribution in [0, 0.1) is 0 Å². The van der Waals surface area contributed by atoms with E-state index >= 15 is 0 Å². The van der Waals surface area contributed by atoms with E-state index in [2.05, 4.69) is 44.8 Å². The van der Waals surface area contributed by atoms with Gasteiger partial charge in [0.2, 0.25) is 0 Å². The van der Waals surface area contributed by atoms with Crippen molar-refractivity contribution in [3.8, 4) is 0 Å². The molecule has 0 radical (unpaired) electrons. The fourth-order valence-electron chi connectivity index (χ4n) is 6.09. The fraction of sp³-hybridized carbons (Fsp3) is 0.955. The maximum atomic E-state index is 13.8. The van der Waals surface area contributed by atoms with Crippen LogP contribution in [-0.2, 0) is 9.53 Å². The second-order valence-electron chi connectivity index (χ2n) is 10.4. The van der Waals surface area contributed by atoms with Gasteiger partial charge >= 0.3 is 0 Å². The number of piperidine rings is 1. The van der Waals surface area contributed by atoms with Crippen LogP contribution in [0.15, 0.2) is 0 Å². The predicted octanol–water partition coefficient (Wildman–Crippen LogP) is 4.77. The number of hydrogen-bond acceptors (Lipinski definition) is 3. The van der Waals surface area contributed by atoms with Crippen LogP contribution in [0.25, 0.3) is 0 Å². The predicted molar refractivity (Wildman–Crippen MR) is 106 cm³/mol. The molecular weight excluding hydrogens is 324 g/mol. The summed E-state index contributed by atoms with van der Waals surface area (Å²) < 4.78 is 6.91. The summed E-state index contributed by atoms with van der Waals surface area (Å²) >= 11 is 0. The number of nitrogens with one attached hydrogen (secondary N) is 1. The minimum Gasteiger partial charge on any atom is -0.339 e. The zero-order valence-corrected chi connectivity index (χ0v) is 17.7. The Morgan fingerprint density at radius 2 is 1.58 bits per heavy atom. The number of ether oxygens (including phenoxy) is 1. The average Bonchev–Trinajstić information content (AvgIpc) is 2.70. The van der Waals surface area contributed by atoms with Crippen LogP contribution in [-0.4, -0.2) is 39.8 Å². The van der Waals surface area contributed by atoms with Gasteiger partial charge in [-0.1, -0.05) is 32.6 Å². The molecular formula is C22H40N2O2. The van der Waals surface area contributed by atoms with E-state index in [1.165, 1.54) is 38.5 Å². The fourth-order valence-corrected chi connectivity index (χ4v) is 6.09. The third kappa shape index (κ3) is 3.82. The van der Waals surface area contributed by atoms with E-state index in [0.29, 0.717) is 0 Å². The van der Waals surface area contributed by atoms with E-state index in [0.717, 1.165) is 38.6 Å². The third-order valence-corrected chi connectivity index (χ3v) is 6.51. The van der Waals surface area contributed by atoms with Gasteiger partial charge in [0.15, 0.2) is 5.60 Å². The van der Waals surface area contributed by atoms with Crippen molar-refractivity contribution in [1.82, 2.24) is 10.2 Å². The van der Waals surface area contributed by atoms with Crippen LogP contribution in [0.1, 0.15) is 105 Å². The van der Waals surface area contributed by atoms with Crippen molar-refractivity contribution < 1.29 is 9.53 Å². The zero-order valence-electron chi connectivity index (χ0n) is 17.7. The van der Waals surface area contributed by atoms with Gasteiger partial charge in [0, 0.05) is 30.5 Å². The Kier molecular flexibility index (Phi) is 5.49. The van der Waals surface area contributed by atoms with E-state index in [1.54, 1.807) is 0 Å². The minimum atomic E-state index is -0.639. The van der Waals surface area contributed by atoms with E-state index < -0.39 is 5.60 Å². The lowest BCUT2D eigenvalue weighted by molar-refractivity contribution is -0.181. The molecule has 0 aromatic rings. The summed E-state index contributed by atoms with van der Waals surface area (Å²) in [6.07, 6.45) is 12.0. The summed E-state index contributed by atoms with van der Waals surface area (Å²) in [7, 11) is 0. The lowest BCUT2D eigenvalue weighted by Crippen LogP contribution is -2.65. The first kappa shape index (κ1) is 20.1. The van der Waals surface area contributed by atoms with Gasteiger partial charge in [-0.15, -0.1) is 0 Å². The first-order valence-electron chi connectivity index (χ1n) is 11.0. The molecule has 2 aliphatic heterocycles. The highest BCUT2D eigenvalue weighted by molar-refractivity contribution is 5.88. The number of nitrogens with zero attached hydrogens (tertiary/aromatic N) is 1. The SMILES string of the molecule is CCCCCCN1C(=O)C2(CC(C)(C)NC(C)(C)C2)OC12CCCCC2. The van der Waals surface area contributed by atoms with Crippen molar-refractivity contribution >= 4 is 5.91 Å². The normalized spacial score (nSPS) is 28.8. The maximum Gasteiger partial charge on any atom is 0.257 e. The molecule has 1 amide bonds. The number of carbonyl (C=O) groups excluding carboxylic acids is 1. The Balaban J connectivity index is 1.87. The second-order valence-corrected chi connectivity index (χ2v) is 10.4. The zero-order chi connectivity index (χ0) is 19.1. The topological polar surface area (TPSA) is 41.6 Å². The van der Waals surface area contributed by atoms with Crippen LogP contribution in [0.2, 0.25) is 0 Å². The molecule has 2 heterocycles. The molecule has 2 saturated heterocycles. The molecule has 1 aliphatic carbocycles. The summed E-state index contributed by atoms with van der Waals surface area (Å²) in [5, 5.41) is 3.72. The molecule has 2 spiro atoms. The Morgan fingerprint density at radius 3 is 2.15 bits per heavy atom. The highest BCUT2D eigenvalue weighted by atomic mass is 16.6. The van der Waals surface area contributed by atoms with E-state index in [-0.39, 0.29) is 22.7 Å². The van der Waals surface area contributed by atoms with Crippen LogP contribution in [0.3, 0.4) is 0 Å². The smallest absolute Gasteiger partial charge is 0.257 e. The summed E-state index contributed by atoms with van der Waals surface area (Å²) in [6, 6.07) is 0. The Hall–Kier alpha value is -0.610. The standard InChI is InChI=1S/C22H40N2O2/c1-6-7-8-12-15-24-18(25)21(26-22(24)13-10-9-11-14-22)16-19(2,3)23-20(4,5)17-21/h23H,6-17H2,1-5H3. The van der Waals surface area contributed by atoms with Gasteiger partial charge in [-0.3, -0.25) is 4.79 Å². The summed E-state index contributed by atoms with van der Waals surface area (Å²) in [5.74, 6) is 0.276. The first-order valence-corrected chi connectivity index (χ1v) is 11.0. The largest absolute Gasteiger partial charge is 0.339 e. The molecule has 3 aliphatic rings. The monoisotopic (exact) mass is 364 g/mol. The molecule has 26 heavy (non-hydrogen) atoms. The lowest BCUT2D eigenvalue weighted by atomic mass is 9.72. The summed E-state index contributed by atoms with van der Waals surface area (Å²) in [4.78, 5) is 15.9. The number of amides is 1. The first-order chi connectivity index (χ1) is 12.1. The van der Waals surface area contributed by atoms with Gasteiger partial charge in [0.05, 0.1) is 0 Å². The van der Waals surface area contributed by atoms with Crippen molar-refractivity contribution in [2.75, 3.05) is 6.54 Å². The van der Waals surface area contributed by atoms with Crippen molar-refractivity contribution in [3.05, 3.63) is 0 Å². The number of rotatable bonds is 5. The lowest BCUT2D eigenvalue weighted by Gasteiger charge is -2.50. The molecule has 0 bridgehead atoms. The third-order valence-electron chi connectivity index (χ3n) is 6.51. The van der Waals surface area contributed by atoms with Crippen LogP contribution in [0.5, 0.6) is 0 Å². The molecule has 0 aromatic heterocycles. The number of unbranched alkanes of at least 4 members (excludes halogenated alkanes) is 3. The highest BCUT2D eigenvalue weighted by Gasteiger charge is 2.64. The van der Waals surface area contributed by atoms with E-state index in [4.69, 9.17) is 4.74 Å². The van der Waals surface area contributed by atoms with Gasteiger partial charge in [0.25, 0.3) is 5.91 Å². The molecule has 3 rings (SSSR count). The van der Waals surface area contributed by atoms with Crippen molar-refractivity contribution in [2.24, 2.45) is 0 Å². The minimum absolute atomic E-state index is 0.0918. The molecule has 1 N–H and O–H groups in total. The Bertz CT molecular complexity index is 504. The van der Waals surface area contributed by atoms with Gasteiger partial charge in [0.1, 0.15) is 5.72 Å². The quantitative estimate of drug-likeness (QED) is 0.715. The van der Waals surface area contributed by atoms with Crippen molar-refractivity contribution in [1.29, 1.82) is 0 Å². The van der Waals surface area contributed by atoms with Gasteiger partial charge in [-0.25, -0.2) is 0 Å². The van der Waals surface area contributed by atoms with Crippen LogP contribution >= 0.6 is 0 Å². The molecule has 1 saturated carbocycles. The van der Waals surface area contributed by atoms with Crippen LogP contribution in [0.4, 0.5) is 0 Å². The molecule has 3 fully saturated rings. The van der Waals surface area contributed by atoms with Crippen molar-refractivity contribution in [3.63, 3.8) is 0 Å². The molecule has 0 unspecified atom stereocenters.